The van der Waals surface area contributed by atoms with Gasteiger partial charge < -0.3 is 5.11 Å². The molecule has 1 aromatic carbocycles. The Morgan fingerprint density at radius 3 is 2.47 bits per heavy atom. The molecule has 1 rings (SSSR count). The monoisotopic (exact) mass is 250 g/mol. The predicted octanol–water partition coefficient (Wildman–Crippen LogP) is 3.42. The van der Waals surface area contributed by atoms with Gasteiger partial charge in [0.15, 0.2) is 0 Å². The third-order valence-electron chi connectivity index (χ3n) is 2.33. The summed E-state index contributed by atoms with van der Waals surface area (Å²) in [6.45, 7) is 1.32. The molecule has 0 radical (unpaired) electrons. The topological polar surface area (TPSA) is 37.3 Å². The molecule has 0 bridgehead atoms. The minimum atomic E-state index is -4.62. The van der Waals surface area contributed by atoms with Crippen LogP contribution in [0.2, 0.25) is 0 Å². The van der Waals surface area contributed by atoms with Gasteiger partial charge in [0.05, 0.1) is 12.0 Å². The van der Waals surface area contributed by atoms with Crippen molar-refractivity contribution in [1.29, 1.82) is 0 Å². The number of aliphatic carboxylic acids is 1. The molecule has 0 aliphatic heterocycles. The van der Waals surface area contributed by atoms with Crippen molar-refractivity contribution in [2.45, 2.75) is 25.4 Å². The molecule has 0 fully saturated rings. The van der Waals surface area contributed by atoms with Gasteiger partial charge in [0.25, 0.3) is 0 Å². The molecule has 0 saturated heterocycles. The first kappa shape index (κ1) is 13.5. The smallest absolute Gasteiger partial charge is 0.416 e. The van der Waals surface area contributed by atoms with E-state index in [1.807, 2.05) is 0 Å². The summed E-state index contributed by atoms with van der Waals surface area (Å²) in [5.74, 6) is -2.94. The van der Waals surface area contributed by atoms with E-state index in [1.165, 1.54) is 6.92 Å². The van der Waals surface area contributed by atoms with Gasteiger partial charge in [0, 0.05) is 0 Å². The van der Waals surface area contributed by atoms with Crippen molar-refractivity contribution in [3.8, 4) is 0 Å². The van der Waals surface area contributed by atoms with Crippen LogP contribution in [0.15, 0.2) is 18.2 Å². The van der Waals surface area contributed by atoms with Crippen molar-refractivity contribution in [2.24, 2.45) is 0 Å². The lowest BCUT2D eigenvalue weighted by atomic mass is 9.92. The molecule has 0 aliphatic rings. The molecule has 6 heteroatoms. The van der Waals surface area contributed by atoms with Crippen LogP contribution in [0.25, 0.3) is 0 Å². The van der Waals surface area contributed by atoms with Crippen LogP contribution < -0.4 is 0 Å². The SMILES string of the molecule is CC(CC(=O)O)c1cc(F)ccc1C(F)(F)F. The molecule has 0 saturated carbocycles. The summed E-state index contributed by atoms with van der Waals surface area (Å²) >= 11 is 0. The van der Waals surface area contributed by atoms with Crippen LogP contribution in [-0.2, 0) is 11.0 Å². The maximum Gasteiger partial charge on any atom is 0.416 e. The molecule has 17 heavy (non-hydrogen) atoms. The highest BCUT2D eigenvalue weighted by atomic mass is 19.4. The van der Waals surface area contributed by atoms with Crippen LogP contribution in [-0.4, -0.2) is 11.1 Å². The zero-order valence-electron chi connectivity index (χ0n) is 8.88. The van der Waals surface area contributed by atoms with E-state index in [2.05, 4.69) is 0 Å². The van der Waals surface area contributed by atoms with Crippen molar-refractivity contribution in [3.63, 3.8) is 0 Å². The van der Waals surface area contributed by atoms with Crippen molar-refractivity contribution in [3.05, 3.63) is 35.1 Å². The molecule has 2 nitrogen and oxygen atoms in total. The van der Waals surface area contributed by atoms with Crippen LogP contribution in [0.3, 0.4) is 0 Å². The van der Waals surface area contributed by atoms with E-state index in [0.717, 1.165) is 6.07 Å². The lowest BCUT2D eigenvalue weighted by molar-refractivity contribution is -0.140. The average Bonchev–Trinajstić information content (AvgIpc) is 2.14. The standard InChI is InChI=1S/C11H10F4O2/c1-6(4-10(16)17)8-5-7(12)2-3-9(8)11(13,14)15/h2-3,5-6H,4H2,1H3,(H,16,17). The number of carboxylic acid groups (broad SMARTS) is 1. The molecule has 1 unspecified atom stereocenters. The van der Waals surface area contributed by atoms with Gasteiger partial charge in [-0.05, 0) is 29.7 Å². The van der Waals surface area contributed by atoms with Gasteiger partial charge in [-0.15, -0.1) is 0 Å². The molecule has 0 aliphatic carbocycles. The molecular formula is C11H10F4O2. The highest BCUT2D eigenvalue weighted by molar-refractivity contribution is 5.68. The van der Waals surface area contributed by atoms with E-state index in [4.69, 9.17) is 5.11 Å². The van der Waals surface area contributed by atoms with E-state index < -0.39 is 35.9 Å². The number of carboxylic acids is 1. The number of benzene rings is 1. The fourth-order valence-electron chi connectivity index (χ4n) is 1.57. The fourth-order valence-corrected chi connectivity index (χ4v) is 1.57. The Bertz CT molecular complexity index is 426. The van der Waals surface area contributed by atoms with Gasteiger partial charge in [-0.25, -0.2) is 4.39 Å². The molecule has 0 amide bonds. The molecule has 1 N–H and O–H groups in total. The quantitative estimate of drug-likeness (QED) is 0.834. The molecule has 94 valence electrons. The Kier molecular flexibility index (Phi) is 3.75. The minimum Gasteiger partial charge on any atom is -0.481 e. The molecule has 1 aromatic rings. The largest absolute Gasteiger partial charge is 0.481 e. The first-order valence-corrected chi connectivity index (χ1v) is 4.80. The Balaban J connectivity index is 3.20. The highest BCUT2D eigenvalue weighted by Crippen LogP contribution is 2.36. The van der Waals surface area contributed by atoms with E-state index in [9.17, 15) is 22.4 Å². The normalized spacial score (nSPS) is 13.5. The number of alkyl halides is 3. The highest BCUT2D eigenvalue weighted by Gasteiger charge is 2.34. The summed E-state index contributed by atoms with van der Waals surface area (Å²) in [4.78, 5) is 10.5. The number of halogens is 4. The van der Waals surface area contributed by atoms with E-state index in [1.54, 1.807) is 0 Å². The van der Waals surface area contributed by atoms with Crippen LogP contribution in [0.1, 0.15) is 30.4 Å². The van der Waals surface area contributed by atoms with Crippen molar-refractivity contribution in [1.82, 2.24) is 0 Å². The van der Waals surface area contributed by atoms with Gasteiger partial charge in [-0.3, -0.25) is 4.79 Å². The zero-order valence-corrected chi connectivity index (χ0v) is 8.88. The molecule has 0 spiro atoms. The van der Waals surface area contributed by atoms with E-state index in [-0.39, 0.29) is 5.56 Å². The molecule has 0 aromatic heterocycles. The van der Waals surface area contributed by atoms with Crippen LogP contribution in [0, 0.1) is 5.82 Å². The van der Waals surface area contributed by atoms with Gasteiger partial charge >= 0.3 is 12.1 Å². The number of carbonyl (C=O) groups is 1. The Morgan fingerprint density at radius 1 is 1.41 bits per heavy atom. The lowest BCUT2D eigenvalue weighted by Crippen LogP contribution is -2.13. The summed E-state index contributed by atoms with van der Waals surface area (Å²) in [6.07, 6.45) is -5.09. The van der Waals surface area contributed by atoms with Gasteiger partial charge in [0.1, 0.15) is 5.82 Å². The van der Waals surface area contributed by atoms with Crippen molar-refractivity contribution < 1.29 is 27.5 Å². The fraction of sp³-hybridized carbons (Fsp3) is 0.364. The zero-order chi connectivity index (χ0) is 13.2. The van der Waals surface area contributed by atoms with Crippen LogP contribution >= 0.6 is 0 Å². The molecule has 1 atom stereocenters. The number of rotatable bonds is 3. The Labute approximate surface area is 94.9 Å². The van der Waals surface area contributed by atoms with Crippen molar-refractivity contribution in [2.75, 3.05) is 0 Å². The second kappa shape index (κ2) is 4.73. The van der Waals surface area contributed by atoms with E-state index in [0.29, 0.717) is 12.1 Å². The predicted molar refractivity (Wildman–Crippen MR) is 52.1 cm³/mol. The second-order valence-electron chi connectivity index (χ2n) is 3.73. The summed E-state index contributed by atoms with van der Waals surface area (Å²) in [5.41, 5.74) is -1.33. The summed E-state index contributed by atoms with van der Waals surface area (Å²) in [6, 6.07) is 2.07. The van der Waals surface area contributed by atoms with Gasteiger partial charge in [0.2, 0.25) is 0 Å². The Morgan fingerprint density at radius 2 is 2.00 bits per heavy atom. The van der Waals surface area contributed by atoms with Gasteiger partial charge in [-0.2, -0.15) is 13.2 Å². The Hall–Kier alpha value is -1.59. The van der Waals surface area contributed by atoms with Crippen molar-refractivity contribution >= 4 is 5.97 Å². The van der Waals surface area contributed by atoms with E-state index >= 15 is 0 Å². The molecular weight excluding hydrogens is 240 g/mol. The maximum absolute atomic E-state index is 12.9. The summed E-state index contributed by atoms with van der Waals surface area (Å²) in [5, 5.41) is 8.53. The average molecular weight is 250 g/mol. The minimum absolute atomic E-state index is 0.333. The number of hydrogen-bond donors (Lipinski definition) is 1. The van der Waals surface area contributed by atoms with Crippen LogP contribution in [0.5, 0.6) is 0 Å². The first-order valence-electron chi connectivity index (χ1n) is 4.80. The number of hydrogen-bond acceptors (Lipinski definition) is 1. The third-order valence-corrected chi connectivity index (χ3v) is 2.33. The lowest BCUT2D eigenvalue weighted by Gasteiger charge is -2.17. The summed E-state index contributed by atoms with van der Waals surface area (Å²) in [7, 11) is 0. The summed E-state index contributed by atoms with van der Waals surface area (Å²) < 4.78 is 50.7. The molecule has 0 heterocycles. The maximum atomic E-state index is 12.9. The van der Waals surface area contributed by atoms with Gasteiger partial charge in [-0.1, -0.05) is 6.92 Å². The van der Waals surface area contributed by atoms with Crippen LogP contribution in [0.4, 0.5) is 17.6 Å². The first-order chi connectivity index (χ1) is 7.71. The second-order valence-corrected chi connectivity index (χ2v) is 3.73. The third kappa shape index (κ3) is 3.44.